The third-order valence-electron chi connectivity index (χ3n) is 4.22. The Morgan fingerprint density at radius 1 is 1.29 bits per heavy atom. The number of alkyl halides is 3. The molecule has 21 heavy (non-hydrogen) atoms. The minimum atomic E-state index is -4.29. The van der Waals surface area contributed by atoms with Gasteiger partial charge in [0.2, 0.25) is 0 Å². The van der Waals surface area contributed by atoms with Gasteiger partial charge >= 0.3 is 6.18 Å². The minimum Gasteiger partial charge on any atom is -0.314 e. The first-order chi connectivity index (χ1) is 9.85. The molecule has 2 rings (SSSR count). The van der Waals surface area contributed by atoms with Crippen LogP contribution in [0.25, 0.3) is 0 Å². The van der Waals surface area contributed by atoms with Crippen LogP contribution >= 0.6 is 0 Å². The van der Waals surface area contributed by atoms with Gasteiger partial charge in [-0.1, -0.05) is 18.2 Å². The fourth-order valence-corrected chi connectivity index (χ4v) is 2.96. The van der Waals surface area contributed by atoms with Gasteiger partial charge in [0.05, 0.1) is 5.56 Å². The van der Waals surface area contributed by atoms with E-state index in [4.69, 9.17) is 0 Å². The largest absolute Gasteiger partial charge is 0.416 e. The molecule has 1 atom stereocenters. The molecule has 1 aliphatic heterocycles. The van der Waals surface area contributed by atoms with Crippen molar-refractivity contribution in [3.63, 3.8) is 0 Å². The van der Waals surface area contributed by atoms with Crippen molar-refractivity contribution >= 4 is 0 Å². The molecular formula is C16H20F3NO. The highest BCUT2D eigenvalue weighted by atomic mass is 19.4. The second kappa shape index (κ2) is 6.20. The summed E-state index contributed by atoms with van der Waals surface area (Å²) in [5.74, 6) is 0. The van der Waals surface area contributed by atoms with Crippen LogP contribution in [0.2, 0.25) is 0 Å². The highest BCUT2D eigenvalue weighted by molar-refractivity contribution is 5.24. The molecule has 1 aliphatic rings. The van der Waals surface area contributed by atoms with Crippen LogP contribution < -0.4 is 0 Å². The number of hydrogen-bond donors (Lipinski definition) is 1. The summed E-state index contributed by atoms with van der Waals surface area (Å²) in [5.41, 5.74) is 0.261. The molecule has 1 heterocycles. The second-order valence-electron chi connectivity index (χ2n) is 5.83. The van der Waals surface area contributed by atoms with Gasteiger partial charge < -0.3 is 5.21 Å². The van der Waals surface area contributed by atoms with E-state index in [1.165, 1.54) is 17.2 Å². The Bertz CT molecular complexity index is 483. The van der Waals surface area contributed by atoms with Crippen molar-refractivity contribution in [3.8, 4) is 0 Å². The quantitative estimate of drug-likeness (QED) is 0.820. The van der Waals surface area contributed by atoms with Gasteiger partial charge in [0, 0.05) is 13.1 Å². The number of allylic oxidation sites excluding steroid dienone is 1. The molecule has 2 nitrogen and oxygen atoms in total. The Kier molecular flexibility index (Phi) is 4.74. The Balaban J connectivity index is 2.00. The summed E-state index contributed by atoms with van der Waals surface area (Å²) in [5, 5.41) is 10.9. The molecular weight excluding hydrogens is 279 g/mol. The summed E-state index contributed by atoms with van der Waals surface area (Å²) in [6, 6.07) is 5.33. The van der Waals surface area contributed by atoms with Gasteiger partial charge in [0.1, 0.15) is 0 Å². The summed E-state index contributed by atoms with van der Waals surface area (Å²) < 4.78 is 37.5. The molecule has 1 aromatic carbocycles. The predicted octanol–water partition coefficient (Wildman–Crippen LogP) is 4.30. The first-order valence-electron chi connectivity index (χ1n) is 7.06. The molecule has 0 amide bonds. The van der Waals surface area contributed by atoms with Crippen LogP contribution in [0.5, 0.6) is 0 Å². The van der Waals surface area contributed by atoms with Crippen LogP contribution in [0.3, 0.4) is 0 Å². The summed E-state index contributed by atoms with van der Waals surface area (Å²) in [4.78, 5) is 0. The molecule has 0 spiro atoms. The molecule has 116 valence electrons. The van der Waals surface area contributed by atoms with Gasteiger partial charge in [-0.2, -0.15) is 18.2 Å². The van der Waals surface area contributed by atoms with Crippen molar-refractivity contribution in [2.24, 2.45) is 5.41 Å². The van der Waals surface area contributed by atoms with Crippen molar-refractivity contribution in [1.82, 2.24) is 5.06 Å². The first-order valence-corrected chi connectivity index (χ1v) is 7.06. The van der Waals surface area contributed by atoms with Gasteiger partial charge in [-0.05, 0) is 48.8 Å². The Morgan fingerprint density at radius 3 is 2.43 bits per heavy atom. The van der Waals surface area contributed by atoms with E-state index < -0.39 is 11.7 Å². The number of hydroxylamine groups is 2. The topological polar surface area (TPSA) is 23.5 Å². The standard InChI is InChI=1S/C16H20F3NO/c1-2-8-15(10-11-20(21)12-15)9-7-13-3-5-14(6-4-13)16(17,18)19/h2-6,21H,1,7-12H2/t15-/m0/s1. The second-order valence-corrected chi connectivity index (χ2v) is 5.83. The molecule has 1 saturated heterocycles. The highest BCUT2D eigenvalue weighted by Crippen LogP contribution is 2.38. The monoisotopic (exact) mass is 299 g/mol. The van der Waals surface area contributed by atoms with Gasteiger partial charge in [-0.15, -0.1) is 6.58 Å². The van der Waals surface area contributed by atoms with Crippen molar-refractivity contribution < 1.29 is 18.4 Å². The maximum Gasteiger partial charge on any atom is 0.416 e. The number of nitrogens with zero attached hydrogens (tertiary/aromatic N) is 1. The molecule has 1 aromatic rings. The van der Waals surface area contributed by atoms with Gasteiger partial charge in [-0.25, -0.2) is 0 Å². The molecule has 0 unspecified atom stereocenters. The molecule has 5 heteroatoms. The van der Waals surface area contributed by atoms with Crippen LogP contribution in [-0.4, -0.2) is 23.4 Å². The zero-order valence-corrected chi connectivity index (χ0v) is 11.9. The number of rotatable bonds is 5. The molecule has 0 saturated carbocycles. The van der Waals surface area contributed by atoms with Crippen LogP contribution in [0.1, 0.15) is 30.4 Å². The fourth-order valence-electron chi connectivity index (χ4n) is 2.96. The minimum absolute atomic E-state index is 0.0147. The van der Waals surface area contributed by atoms with Gasteiger partial charge in [0.15, 0.2) is 0 Å². The van der Waals surface area contributed by atoms with Gasteiger partial charge in [0.25, 0.3) is 0 Å². The molecule has 0 radical (unpaired) electrons. The number of benzene rings is 1. The SMILES string of the molecule is C=CC[C@]1(CCc2ccc(C(F)(F)F)cc2)CCN(O)C1. The highest BCUT2D eigenvalue weighted by Gasteiger charge is 2.36. The fraction of sp³-hybridized carbons (Fsp3) is 0.500. The van der Waals surface area contributed by atoms with Crippen molar-refractivity contribution in [2.75, 3.05) is 13.1 Å². The lowest BCUT2D eigenvalue weighted by molar-refractivity contribution is -0.137. The van der Waals surface area contributed by atoms with E-state index >= 15 is 0 Å². The maximum atomic E-state index is 12.5. The van der Waals surface area contributed by atoms with Crippen molar-refractivity contribution in [3.05, 3.63) is 48.0 Å². The van der Waals surface area contributed by atoms with Crippen LogP contribution in [0, 0.1) is 5.41 Å². The van der Waals surface area contributed by atoms with Gasteiger partial charge in [-0.3, -0.25) is 0 Å². The smallest absolute Gasteiger partial charge is 0.314 e. The number of aryl methyl sites for hydroxylation is 1. The third-order valence-corrected chi connectivity index (χ3v) is 4.22. The van der Waals surface area contributed by atoms with E-state index in [1.807, 2.05) is 6.08 Å². The lowest BCUT2D eigenvalue weighted by atomic mass is 9.78. The predicted molar refractivity (Wildman–Crippen MR) is 75.0 cm³/mol. The molecule has 1 fully saturated rings. The zero-order chi connectivity index (χ0) is 15.5. The number of hydrogen-bond acceptors (Lipinski definition) is 2. The van der Waals surface area contributed by atoms with E-state index in [9.17, 15) is 18.4 Å². The lowest BCUT2D eigenvalue weighted by Crippen LogP contribution is -2.25. The van der Waals surface area contributed by atoms with E-state index in [0.717, 1.165) is 37.0 Å². The summed E-state index contributed by atoms with van der Waals surface area (Å²) in [7, 11) is 0. The summed E-state index contributed by atoms with van der Waals surface area (Å²) in [6.07, 6.45) is 0.805. The molecule has 0 aliphatic carbocycles. The van der Waals surface area contributed by atoms with E-state index in [1.54, 1.807) is 0 Å². The van der Waals surface area contributed by atoms with Crippen LogP contribution in [0.15, 0.2) is 36.9 Å². The van der Waals surface area contributed by atoms with Crippen LogP contribution in [-0.2, 0) is 12.6 Å². The average Bonchev–Trinajstić information content (AvgIpc) is 2.78. The van der Waals surface area contributed by atoms with Crippen molar-refractivity contribution in [1.29, 1.82) is 0 Å². The molecule has 1 N–H and O–H groups in total. The Labute approximate surface area is 122 Å². The lowest BCUT2D eigenvalue weighted by Gasteiger charge is -2.27. The number of halogens is 3. The first kappa shape index (κ1) is 16.0. The van der Waals surface area contributed by atoms with E-state index in [0.29, 0.717) is 19.5 Å². The maximum absolute atomic E-state index is 12.5. The average molecular weight is 299 g/mol. The molecule has 0 aromatic heterocycles. The Morgan fingerprint density at radius 2 is 1.95 bits per heavy atom. The molecule has 0 bridgehead atoms. The van der Waals surface area contributed by atoms with E-state index in [-0.39, 0.29) is 5.41 Å². The van der Waals surface area contributed by atoms with Crippen molar-refractivity contribution in [2.45, 2.75) is 31.9 Å². The zero-order valence-electron chi connectivity index (χ0n) is 11.9. The summed E-state index contributed by atoms with van der Waals surface area (Å²) >= 11 is 0. The van der Waals surface area contributed by atoms with E-state index in [2.05, 4.69) is 6.58 Å². The summed E-state index contributed by atoms with van der Waals surface area (Å²) in [6.45, 7) is 5.00. The normalized spacial score (nSPS) is 23.4. The van der Waals surface area contributed by atoms with Crippen LogP contribution in [0.4, 0.5) is 13.2 Å². The Hall–Kier alpha value is -1.33. The third kappa shape index (κ3) is 4.08.